The van der Waals surface area contributed by atoms with Crippen molar-refractivity contribution >= 4 is 45.4 Å². The van der Waals surface area contributed by atoms with Crippen molar-refractivity contribution < 1.29 is 23.6 Å². The maximum atomic E-state index is 13.9. The molecule has 1 saturated heterocycles. The van der Waals surface area contributed by atoms with Gasteiger partial charge in [0.15, 0.2) is 11.5 Å². The highest BCUT2D eigenvalue weighted by molar-refractivity contribution is 6.28. The van der Waals surface area contributed by atoms with E-state index >= 15 is 0 Å². The van der Waals surface area contributed by atoms with Crippen molar-refractivity contribution in [3.63, 3.8) is 0 Å². The molecule has 0 unspecified atom stereocenters. The highest BCUT2D eigenvalue weighted by atomic mass is 16.5. The molecular weight excluding hydrogens is 532 g/mol. The van der Waals surface area contributed by atoms with E-state index in [1.165, 1.54) is 7.11 Å². The fourth-order valence-corrected chi connectivity index (χ4v) is 5.92. The van der Waals surface area contributed by atoms with Gasteiger partial charge in [-0.25, -0.2) is 4.79 Å². The molecule has 0 atom stereocenters. The molecule has 0 bridgehead atoms. The number of piperazine rings is 1. The number of carbonyl (C=O) groups excluding carboxylic acids is 2. The van der Waals surface area contributed by atoms with Gasteiger partial charge >= 0.3 is 5.97 Å². The molecule has 1 aromatic heterocycles. The number of para-hydroxylation sites is 2. The van der Waals surface area contributed by atoms with Gasteiger partial charge in [0, 0.05) is 43.0 Å². The van der Waals surface area contributed by atoms with Crippen molar-refractivity contribution in [2.75, 3.05) is 55.5 Å². The number of aromatic nitrogens is 1. The molecule has 1 aliphatic heterocycles. The van der Waals surface area contributed by atoms with Crippen LogP contribution in [0.2, 0.25) is 0 Å². The number of fused-ring (bicyclic) bond motifs is 2. The van der Waals surface area contributed by atoms with Gasteiger partial charge < -0.3 is 29.1 Å². The monoisotopic (exact) mass is 560 g/mol. The van der Waals surface area contributed by atoms with Crippen LogP contribution in [0, 0.1) is 0 Å². The maximum Gasteiger partial charge on any atom is 0.337 e. The molecule has 2 aliphatic rings. The Morgan fingerprint density at radius 2 is 1.52 bits per heavy atom. The van der Waals surface area contributed by atoms with Crippen LogP contribution in [-0.4, -0.2) is 57.3 Å². The van der Waals surface area contributed by atoms with Crippen LogP contribution in [0.25, 0.3) is 22.2 Å². The standard InChI is InChI=1S/C33H28N4O5/c1-40-27-10-6-5-9-25(27)36-15-17-37(18-16-36)26-19-24(34-21-13-11-20(12-14-21)33(39)41-2)28-29-30(26)35-42-32(29)23-8-4-3-7-22(23)31(28)38/h3-14,19,34H,15-18H2,1-2H3. The van der Waals surface area contributed by atoms with Crippen molar-refractivity contribution in [2.24, 2.45) is 0 Å². The molecule has 5 aromatic rings. The van der Waals surface area contributed by atoms with Crippen molar-refractivity contribution in [3.05, 3.63) is 95.6 Å². The first-order valence-corrected chi connectivity index (χ1v) is 13.8. The van der Waals surface area contributed by atoms with E-state index < -0.39 is 5.97 Å². The number of ketones is 1. The minimum atomic E-state index is -0.409. The van der Waals surface area contributed by atoms with Gasteiger partial charge in [-0.15, -0.1) is 0 Å². The number of carbonyl (C=O) groups is 2. The predicted molar refractivity (Wildman–Crippen MR) is 161 cm³/mol. The van der Waals surface area contributed by atoms with Crippen LogP contribution in [0.3, 0.4) is 0 Å². The quantitative estimate of drug-likeness (QED) is 0.250. The minimum absolute atomic E-state index is 0.0903. The number of methoxy groups -OCH3 is 2. The predicted octanol–water partition coefficient (Wildman–Crippen LogP) is 5.90. The molecule has 0 amide bonds. The molecule has 210 valence electrons. The highest BCUT2D eigenvalue weighted by Gasteiger charge is 2.34. The largest absolute Gasteiger partial charge is 0.495 e. The summed E-state index contributed by atoms with van der Waals surface area (Å²) in [4.78, 5) is 30.5. The molecule has 0 radical (unpaired) electrons. The van der Waals surface area contributed by atoms with Crippen LogP contribution >= 0.6 is 0 Å². The fraction of sp³-hybridized carbons (Fsp3) is 0.182. The Labute approximate surface area is 242 Å². The Hall–Kier alpha value is -5.31. The van der Waals surface area contributed by atoms with E-state index in [1.54, 1.807) is 31.4 Å². The first kappa shape index (κ1) is 25.6. The highest BCUT2D eigenvalue weighted by Crippen LogP contribution is 2.46. The van der Waals surface area contributed by atoms with Crippen LogP contribution in [0.4, 0.5) is 22.7 Å². The average Bonchev–Trinajstić information content (AvgIpc) is 3.49. The number of rotatable bonds is 6. The summed E-state index contributed by atoms with van der Waals surface area (Å²) in [6.45, 7) is 3.06. The van der Waals surface area contributed by atoms with E-state index in [1.807, 2.05) is 48.5 Å². The van der Waals surface area contributed by atoms with E-state index in [-0.39, 0.29) is 5.78 Å². The second kappa shape index (κ2) is 10.3. The number of benzene rings is 4. The van der Waals surface area contributed by atoms with Crippen molar-refractivity contribution in [2.45, 2.75) is 0 Å². The second-order valence-electron chi connectivity index (χ2n) is 10.3. The number of hydrogen-bond acceptors (Lipinski definition) is 9. The number of anilines is 4. The first-order valence-electron chi connectivity index (χ1n) is 13.8. The van der Waals surface area contributed by atoms with E-state index in [2.05, 4.69) is 26.3 Å². The van der Waals surface area contributed by atoms with Gasteiger partial charge in [0.25, 0.3) is 0 Å². The van der Waals surface area contributed by atoms with Gasteiger partial charge in [-0.3, -0.25) is 4.79 Å². The van der Waals surface area contributed by atoms with Crippen LogP contribution in [0.5, 0.6) is 5.75 Å². The normalized spacial score (nSPS) is 14.1. The Morgan fingerprint density at radius 3 is 2.24 bits per heavy atom. The molecule has 1 aliphatic carbocycles. The lowest BCUT2D eigenvalue weighted by Crippen LogP contribution is -2.46. The lowest BCUT2D eigenvalue weighted by atomic mass is 9.86. The third kappa shape index (κ3) is 4.13. The summed E-state index contributed by atoms with van der Waals surface area (Å²) < 4.78 is 16.4. The maximum absolute atomic E-state index is 13.9. The summed E-state index contributed by atoms with van der Waals surface area (Å²) >= 11 is 0. The van der Waals surface area contributed by atoms with Gasteiger partial charge in [0.2, 0.25) is 0 Å². The molecule has 2 heterocycles. The Balaban J connectivity index is 1.30. The van der Waals surface area contributed by atoms with Gasteiger partial charge in [0.1, 0.15) is 11.3 Å². The molecule has 4 aromatic carbocycles. The fourth-order valence-electron chi connectivity index (χ4n) is 5.92. The SMILES string of the molecule is COC(=O)c1ccc(Nc2cc(N3CCN(c4ccccc4OC)CC3)c3noc4c3c2C(=O)c2ccccc2-4)cc1. The molecule has 9 nitrogen and oxygen atoms in total. The van der Waals surface area contributed by atoms with Crippen LogP contribution in [0.15, 0.2) is 83.4 Å². The molecule has 0 saturated carbocycles. The number of hydrogen-bond donors (Lipinski definition) is 1. The average molecular weight is 561 g/mol. The molecule has 7 rings (SSSR count). The molecule has 1 N–H and O–H groups in total. The third-order valence-electron chi connectivity index (χ3n) is 8.01. The second-order valence-corrected chi connectivity index (χ2v) is 10.3. The molecule has 1 fully saturated rings. The van der Waals surface area contributed by atoms with E-state index in [0.29, 0.717) is 39.0 Å². The molecule has 0 spiro atoms. The van der Waals surface area contributed by atoms with Gasteiger partial charge in [-0.1, -0.05) is 41.6 Å². The zero-order valence-corrected chi connectivity index (χ0v) is 23.2. The van der Waals surface area contributed by atoms with Crippen molar-refractivity contribution in [1.29, 1.82) is 0 Å². The lowest BCUT2D eigenvalue weighted by Gasteiger charge is -2.38. The van der Waals surface area contributed by atoms with E-state index in [0.717, 1.165) is 54.6 Å². The third-order valence-corrected chi connectivity index (χ3v) is 8.01. The van der Waals surface area contributed by atoms with Crippen LogP contribution < -0.4 is 19.9 Å². The van der Waals surface area contributed by atoms with E-state index in [4.69, 9.17) is 14.0 Å². The summed E-state index contributed by atoms with van der Waals surface area (Å²) in [5.74, 6) is 0.942. The summed E-state index contributed by atoms with van der Waals surface area (Å²) in [5, 5.41) is 8.66. The first-order chi connectivity index (χ1) is 20.6. The molecule has 9 heteroatoms. The number of ether oxygens (including phenoxy) is 2. The Bertz CT molecular complexity index is 1840. The van der Waals surface area contributed by atoms with E-state index in [9.17, 15) is 9.59 Å². The smallest absolute Gasteiger partial charge is 0.337 e. The van der Waals surface area contributed by atoms with Crippen LogP contribution in [0.1, 0.15) is 26.3 Å². The topological polar surface area (TPSA) is 97.1 Å². The number of nitrogens with zero attached hydrogens (tertiary/aromatic N) is 3. The van der Waals surface area contributed by atoms with Gasteiger partial charge in [-0.2, -0.15) is 0 Å². The summed E-state index contributed by atoms with van der Waals surface area (Å²) in [6, 6.07) is 24.5. The molecular formula is C33H28N4O5. The van der Waals surface area contributed by atoms with Crippen LogP contribution in [-0.2, 0) is 4.74 Å². The zero-order chi connectivity index (χ0) is 28.8. The van der Waals surface area contributed by atoms with Crippen molar-refractivity contribution in [3.8, 4) is 17.1 Å². The summed E-state index contributed by atoms with van der Waals surface area (Å²) in [6.07, 6.45) is 0. The summed E-state index contributed by atoms with van der Waals surface area (Å²) in [7, 11) is 3.04. The van der Waals surface area contributed by atoms with Crippen molar-refractivity contribution in [1.82, 2.24) is 5.16 Å². The minimum Gasteiger partial charge on any atom is -0.495 e. The summed E-state index contributed by atoms with van der Waals surface area (Å²) in [5.41, 5.74) is 6.29. The van der Waals surface area contributed by atoms with Gasteiger partial charge in [-0.05, 0) is 42.5 Å². The molecule has 42 heavy (non-hydrogen) atoms. The van der Waals surface area contributed by atoms with Gasteiger partial charge in [0.05, 0.1) is 47.8 Å². The lowest BCUT2D eigenvalue weighted by molar-refractivity contribution is 0.0600. The number of esters is 1. The number of nitrogens with one attached hydrogen (secondary N) is 1. The Kier molecular flexibility index (Phi) is 6.27. The zero-order valence-electron chi connectivity index (χ0n) is 23.2. The Morgan fingerprint density at radius 1 is 0.857 bits per heavy atom.